The van der Waals surface area contributed by atoms with Crippen LogP contribution in [0.3, 0.4) is 0 Å². The summed E-state index contributed by atoms with van der Waals surface area (Å²) in [6, 6.07) is 2.25. The number of nitrogens with zero attached hydrogens (tertiary/aromatic N) is 1. The first-order valence-corrected chi connectivity index (χ1v) is 6.77. The maximum Gasteiger partial charge on any atom is 0.290 e. The lowest BCUT2D eigenvalue weighted by molar-refractivity contribution is 0.0566. The Hall–Kier alpha value is -0.770. The summed E-state index contributed by atoms with van der Waals surface area (Å²) in [5, 5.41) is 0.814. The van der Waals surface area contributed by atoms with Crippen LogP contribution in [-0.4, -0.2) is 28.7 Å². The van der Waals surface area contributed by atoms with E-state index in [2.05, 4.69) is 15.9 Å². The highest BCUT2D eigenvalue weighted by Gasteiger charge is 2.30. The van der Waals surface area contributed by atoms with Gasteiger partial charge < -0.3 is 9.32 Å². The van der Waals surface area contributed by atoms with Gasteiger partial charge in [-0.1, -0.05) is 15.9 Å². The standard InChI is InChI=1S/C12H16BrNO2/c1-9-5-8-16-11(9)12(15)14(7-6-13)10-3-2-4-10/h5,8,10H,2-4,6-7H2,1H3. The average Bonchev–Trinajstić information content (AvgIpc) is 2.60. The van der Waals surface area contributed by atoms with Crippen LogP contribution >= 0.6 is 15.9 Å². The SMILES string of the molecule is Cc1ccoc1C(=O)N(CCBr)C1CCC1. The lowest BCUT2D eigenvalue weighted by Crippen LogP contribution is -2.45. The number of rotatable bonds is 4. The molecular weight excluding hydrogens is 270 g/mol. The fourth-order valence-electron chi connectivity index (χ4n) is 1.96. The van der Waals surface area contributed by atoms with Gasteiger partial charge >= 0.3 is 0 Å². The van der Waals surface area contributed by atoms with Gasteiger partial charge in [-0.2, -0.15) is 0 Å². The first-order chi connectivity index (χ1) is 7.74. The Balaban J connectivity index is 2.13. The Morgan fingerprint density at radius 3 is 2.81 bits per heavy atom. The fraction of sp³-hybridized carbons (Fsp3) is 0.583. The highest BCUT2D eigenvalue weighted by Crippen LogP contribution is 2.27. The molecule has 0 saturated heterocycles. The third-order valence-electron chi connectivity index (χ3n) is 3.16. The summed E-state index contributed by atoms with van der Waals surface area (Å²) in [5.41, 5.74) is 0.920. The van der Waals surface area contributed by atoms with Gasteiger partial charge in [-0.15, -0.1) is 0 Å². The zero-order valence-electron chi connectivity index (χ0n) is 9.41. The van der Waals surface area contributed by atoms with Crippen molar-refractivity contribution in [2.45, 2.75) is 32.2 Å². The summed E-state index contributed by atoms with van der Waals surface area (Å²) in [7, 11) is 0. The van der Waals surface area contributed by atoms with Crippen LogP contribution < -0.4 is 0 Å². The van der Waals surface area contributed by atoms with Gasteiger partial charge in [0.05, 0.1) is 6.26 Å². The number of carbonyl (C=O) groups is 1. The van der Waals surface area contributed by atoms with Crippen LogP contribution in [0.4, 0.5) is 0 Å². The molecular formula is C12H16BrNO2. The molecule has 0 aromatic carbocycles. The zero-order valence-corrected chi connectivity index (χ0v) is 11.0. The number of halogens is 1. The number of aryl methyl sites for hydroxylation is 1. The number of hydrogen-bond acceptors (Lipinski definition) is 2. The number of alkyl halides is 1. The first kappa shape index (κ1) is 11.7. The van der Waals surface area contributed by atoms with Crippen molar-refractivity contribution in [3.05, 3.63) is 23.7 Å². The Morgan fingerprint density at radius 1 is 1.62 bits per heavy atom. The molecule has 1 fully saturated rings. The Bertz CT molecular complexity index is 371. The minimum atomic E-state index is 0.0339. The van der Waals surface area contributed by atoms with Crippen molar-refractivity contribution in [3.63, 3.8) is 0 Å². The lowest BCUT2D eigenvalue weighted by atomic mass is 9.91. The highest BCUT2D eigenvalue weighted by atomic mass is 79.9. The molecule has 1 aromatic heterocycles. The van der Waals surface area contributed by atoms with E-state index in [1.165, 1.54) is 6.42 Å². The van der Waals surface area contributed by atoms with Crippen LogP contribution in [0.1, 0.15) is 35.4 Å². The van der Waals surface area contributed by atoms with Crippen molar-refractivity contribution >= 4 is 21.8 Å². The van der Waals surface area contributed by atoms with E-state index >= 15 is 0 Å². The summed E-state index contributed by atoms with van der Waals surface area (Å²) < 4.78 is 5.27. The van der Waals surface area contributed by atoms with Crippen LogP contribution in [0.15, 0.2) is 16.7 Å². The fourth-order valence-corrected chi connectivity index (χ4v) is 2.34. The van der Waals surface area contributed by atoms with E-state index < -0.39 is 0 Å². The normalized spacial score (nSPS) is 15.9. The molecule has 0 spiro atoms. The molecule has 1 amide bonds. The third kappa shape index (κ3) is 2.17. The van der Waals surface area contributed by atoms with Crippen molar-refractivity contribution in [3.8, 4) is 0 Å². The van der Waals surface area contributed by atoms with E-state index in [1.54, 1.807) is 6.26 Å². The van der Waals surface area contributed by atoms with E-state index in [-0.39, 0.29) is 5.91 Å². The predicted octanol–water partition coefficient (Wildman–Crippen LogP) is 2.98. The second kappa shape index (κ2) is 5.04. The molecule has 3 nitrogen and oxygen atoms in total. The maximum atomic E-state index is 12.3. The van der Waals surface area contributed by atoms with E-state index in [4.69, 9.17) is 4.42 Å². The topological polar surface area (TPSA) is 33.5 Å². The molecule has 0 unspecified atom stereocenters. The molecule has 0 bridgehead atoms. The molecule has 88 valence electrons. The predicted molar refractivity (Wildman–Crippen MR) is 65.9 cm³/mol. The van der Waals surface area contributed by atoms with E-state index in [0.717, 1.165) is 30.3 Å². The summed E-state index contributed by atoms with van der Waals surface area (Å²) in [6.45, 7) is 2.66. The van der Waals surface area contributed by atoms with E-state index in [9.17, 15) is 4.79 Å². The Morgan fingerprint density at radius 2 is 2.38 bits per heavy atom. The minimum Gasteiger partial charge on any atom is -0.459 e. The minimum absolute atomic E-state index is 0.0339. The van der Waals surface area contributed by atoms with Gasteiger partial charge in [0.1, 0.15) is 0 Å². The smallest absolute Gasteiger partial charge is 0.290 e. The molecule has 0 radical (unpaired) electrons. The van der Waals surface area contributed by atoms with E-state index in [0.29, 0.717) is 11.8 Å². The van der Waals surface area contributed by atoms with Crippen molar-refractivity contribution in [2.75, 3.05) is 11.9 Å². The van der Waals surface area contributed by atoms with Crippen molar-refractivity contribution in [1.29, 1.82) is 0 Å². The maximum absolute atomic E-state index is 12.3. The molecule has 4 heteroatoms. The van der Waals surface area contributed by atoms with Crippen LogP contribution in [0.2, 0.25) is 0 Å². The summed E-state index contributed by atoms with van der Waals surface area (Å²) >= 11 is 3.40. The summed E-state index contributed by atoms with van der Waals surface area (Å²) in [5.74, 6) is 0.527. The number of amides is 1. The van der Waals surface area contributed by atoms with Crippen LogP contribution in [-0.2, 0) is 0 Å². The molecule has 16 heavy (non-hydrogen) atoms. The summed E-state index contributed by atoms with van der Waals surface area (Å²) in [6.07, 6.45) is 5.06. The average molecular weight is 286 g/mol. The van der Waals surface area contributed by atoms with Crippen LogP contribution in [0, 0.1) is 6.92 Å². The van der Waals surface area contributed by atoms with Gasteiger partial charge in [-0.3, -0.25) is 4.79 Å². The number of hydrogen-bond donors (Lipinski definition) is 0. The second-order valence-electron chi connectivity index (χ2n) is 4.20. The molecule has 1 aliphatic rings. The van der Waals surface area contributed by atoms with Gasteiger partial charge in [-0.05, 0) is 32.3 Å². The highest BCUT2D eigenvalue weighted by molar-refractivity contribution is 9.09. The van der Waals surface area contributed by atoms with Crippen molar-refractivity contribution < 1.29 is 9.21 Å². The molecule has 0 N–H and O–H groups in total. The molecule has 1 aromatic rings. The molecule has 0 aliphatic heterocycles. The van der Waals surface area contributed by atoms with Gasteiger partial charge in [-0.25, -0.2) is 0 Å². The lowest BCUT2D eigenvalue weighted by Gasteiger charge is -2.36. The Labute approximate surface area is 104 Å². The van der Waals surface area contributed by atoms with Crippen LogP contribution in [0.25, 0.3) is 0 Å². The molecule has 1 heterocycles. The molecule has 1 saturated carbocycles. The van der Waals surface area contributed by atoms with Gasteiger partial charge in [0.2, 0.25) is 0 Å². The molecule has 2 rings (SSSR count). The monoisotopic (exact) mass is 285 g/mol. The largest absolute Gasteiger partial charge is 0.459 e. The third-order valence-corrected chi connectivity index (χ3v) is 3.51. The molecule has 1 aliphatic carbocycles. The van der Waals surface area contributed by atoms with Crippen molar-refractivity contribution in [1.82, 2.24) is 4.90 Å². The zero-order chi connectivity index (χ0) is 11.5. The van der Waals surface area contributed by atoms with Crippen molar-refractivity contribution in [2.24, 2.45) is 0 Å². The van der Waals surface area contributed by atoms with Gasteiger partial charge in [0.25, 0.3) is 5.91 Å². The van der Waals surface area contributed by atoms with E-state index in [1.807, 2.05) is 17.9 Å². The van der Waals surface area contributed by atoms with Gasteiger partial charge in [0.15, 0.2) is 5.76 Å². The summed E-state index contributed by atoms with van der Waals surface area (Å²) in [4.78, 5) is 14.2. The Kier molecular flexibility index (Phi) is 3.69. The first-order valence-electron chi connectivity index (χ1n) is 5.65. The van der Waals surface area contributed by atoms with Crippen LogP contribution in [0.5, 0.6) is 0 Å². The quantitative estimate of drug-likeness (QED) is 0.797. The number of carbonyl (C=O) groups excluding carboxylic acids is 1. The second-order valence-corrected chi connectivity index (χ2v) is 5.00. The van der Waals surface area contributed by atoms with Gasteiger partial charge in [0, 0.05) is 23.5 Å². The molecule has 0 atom stereocenters. The number of furan rings is 1.